The predicted molar refractivity (Wildman–Crippen MR) is 79.6 cm³/mol. The number of nitrogens with one attached hydrogen (secondary N) is 1. The number of ether oxygens (including phenoxy) is 1. The van der Waals surface area contributed by atoms with Crippen LogP contribution in [0, 0.1) is 0 Å². The van der Waals surface area contributed by atoms with Gasteiger partial charge in [0.25, 0.3) is 0 Å². The molecule has 0 aromatic carbocycles. The fourth-order valence-electron chi connectivity index (χ4n) is 3.27. The minimum Gasteiger partial charge on any atom is -0.376 e. The Labute approximate surface area is 124 Å². The number of thiophene rings is 1. The molecule has 3 rings (SSSR count). The maximum absolute atomic E-state index is 12.7. The van der Waals surface area contributed by atoms with E-state index in [1.165, 1.54) is 5.56 Å². The standard InChI is InChI=1S/C15H22N2O2S/c1-3-4-12-15(18)17(13-5-7-19-10(13)2)14(16-12)11-6-8-20-9-11/h6,8-10,12-14,16H,3-5,7H2,1-2H3. The third-order valence-electron chi connectivity index (χ3n) is 4.32. The van der Waals surface area contributed by atoms with Gasteiger partial charge in [0.05, 0.1) is 18.2 Å². The Hall–Kier alpha value is -0.910. The molecule has 110 valence electrons. The highest BCUT2D eigenvalue weighted by Crippen LogP contribution is 2.34. The number of carbonyl (C=O) groups excluding carboxylic acids is 1. The molecule has 3 heterocycles. The van der Waals surface area contributed by atoms with Crippen LogP contribution in [0.25, 0.3) is 0 Å². The maximum atomic E-state index is 12.7. The largest absolute Gasteiger partial charge is 0.376 e. The summed E-state index contributed by atoms with van der Waals surface area (Å²) in [5, 5.41) is 7.72. The van der Waals surface area contributed by atoms with E-state index in [9.17, 15) is 4.79 Å². The molecular weight excluding hydrogens is 272 g/mol. The van der Waals surface area contributed by atoms with Gasteiger partial charge in [0.2, 0.25) is 5.91 Å². The van der Waals surface area contributed by atoms with Crippen LogP contribution in [0.4, 0.5) is 0 Å². The molecule has 2 aliphatic heterocycles. The van der Waals surface area contributed by atoms with Gasteiger partial charge in [0.15, 0.2) is 0 Å². The van der Waals surface area contributed by atoms with Gasteiger partial charge in [-0.05, 0) is 42.2 Å². The highest BCUT2D eigenvalue weighted by molar-refractivity contribution is 7.07. The summed E-state index contributed by atoms with van der Waals surface area (Å²) in [5.74, 6) is 0.241. The van der Waals surface area contributed by atoms with Gasteiger partial charge < -0.3 is 9.64 Å². The average molecular weight is 294 g/mol. The molecule has 4 unspecified atom stereocenters. The SMILES string of the molecule is CCCC1NC(c2ccsc2)N(C2CCOC2C)C1=O. The number of amides is 1. The van der Waals surface area contributed by atoms with Crippen molar-refractivity contribution in [3.05, 3.63) is 22.4 Å². The van der Waals surface area contributed by atoms with Crippen LogP contribution >= 0.6 is 11.3 Å². The summed E-state index contributed by atoms with van der Waals surface area (Å²) in [4.78, 5) is 14.8. The van der Waals surface area contributed by atoms with E-state index in [-0.39, 0.29) is 30.3 Å². The van der Waals surface area contributed by atoms with Gasteiger partial charge in [-0.25, -0.2) is 0 Å². The Morgan fingerprint density at radius 1 is 1.55 bits per heavy atom. The minimum atomic E-state index is -0.0438. The zero-order valence-electron chi connectivity index (χ0n) is 12.0. The second-order valence-electron chi connectivity index (χ2n) is 5.64. The summed E-state index contributed by atoms with van der Waals surface area (Å²) >= 11 is 1.68. The third-order valence-corrected chi connectivity index (χ3v) is 5.02. The molecule has 2 aliphatic rings. The molecule has 1 aromatic rings. The minimum absolute atomic E-state index is 0.0134. The van der Waals surface area contributed by atoms with Crippen molar-refractivity contribution in [2.45, 2.75) is 57.5 Å². The monoisotopic (exact) mass is 294 g/mol. The highest BCUT2D eigenvalue weighted by atomic mass is 32.1. The van der Waals surface area contributed by atoms with E-state index in [0.29, 0.717) is 0 Å². The van der Waals surface area contributed by atoms with Gasteiger partial charge >= 0.3 is 0 Å². The lowest BCUT2D eigenvalue weighted by Crippen LogP contribution is -2.43. The Morgan fingerprint density at radius 3 is 3.00 bits per heavy atom. The Balaban J connectivity index is 1.87. The van der Waals surface area contributed by atoms with Gasteiger partial charge in [-0.2, -0.15) is 11.3 Å². The first kappa shape index (κ1) is 14.0. The van der Waals surface area contributed by atoms with E-state index in [4.69, 9.17) is 4.74 Å². The van der Waals surface area contributed by atoms with Gasteiger partial charge in [0.1, 0.15) is 6.17 Å². The van der Waals surface area contributed by atoms with Crippen LogP contribution in [0.3, 0.4) is 0 Å². The van der Waals surface area contributed by atoms with Crippen molar-refractivity contribution in [1.29, 1.82) is 0 Å². The van der Waals surface area contributed by atoms with Gasteiger partial charge in [0, 0.05) is 6.61 Å². The van der Waals surface area contributed by atoms with Crippen LogP contribution in [-0.2, 0) is 9.53 Å². The van der Waals surface area contributed by atoms with Crippen molar-refractivity contribution in [2.24, 2.45) is 0 Å². The molecule has 4 atom stereocenters. The van der Waals surface area contributed by atoms with Crippen LogP contribution < -0.4 is 5.32 Å². The summed E-state index contributed by atoms with van der Waals surface area (Å²) in [6.07, 6.45) is 3.00. The lowest BCUT2D eigenvalue weighted by Gasteiger charge is -2.31. The smallest absolute Gasteiger partial charge is 0.241 e. The quantitative estimate of drug-likeness (QED) is 0.928. The number of carbonyl (C=O) groups is 1. The molecule has 0 spiro atoms. The molecule has 0 aliphatic carbocycles. The normalized spacial score (nSPS) is 34.1. The Kier molecular flexibility index (Phi) is 4.10. The first-order valence-corrected chi connectivity index (χ1v) is 8.38. The van der Waals surface area contributed by atoms with Gasteiger partial charge in [-0.3, -0.25) is 10.1 Å². The molecule has 5 heteroatoms. The van der Waals surface area contributed by atoms with E-state index in [1.54, 1.807) is 11.3 Å². The topological polar surface area (TPSA) is 41.6 Å². The molecule has 0 saturated carbocycles. The van der Waals surface area contributed by atoms with Crippen LogP contribution in [0.2, 0.25) is 0 Å². The molecule has 20 heavy (non-hydrogen) atoms. The van der Waals surface area contributed by atoms with E-state index < -0.39 is 0 Å². The van der Waals surface area contributed by atoms with Crippen molar-refractivity contribution in [2.75, 3.05) is 6.61 Å². The van der Waals surface area contributed by atoms with Crippen molar-refractivity contribution >= 4 is 17.2 Å². The lowest BCUT2D eigenvalue weighted by atomic mass is 10.1. The summed E-state index contributed by atoms with van der Waals surface area (Å²) in [6.45, 7) is 4.95. The molecule has 1 aromatic heterocycles. The summed E-state index contributed by atoms with van der Waals surface area (Å²) < 4.78 is 5.67. The Bertz CT molecular complexity index is 462. The van der Waals surface area contributed by atoms with Crippen LogP contribution in [0.15, 0.2) is 16.8 Å². The van der Waals surface area contributed by atoms with Gasteiger partial charge in [-0.15, -0.1) is 0 Å². The summed E-state index contributed by atoms with van der Waals surface area (Å²) in [5.41, 5.74) is 1.20. The molecule has 0 bridgehead atoms. The summed E-state index contributed by atoms with van der Waals surface area (Å²) in [7, 11) is 0. The number of nitrogens with zero attached hydrogens (tertiary/aromatic N) is 1. The number of hydrogen-bond acceptors (Lipinski definition) is 4. The van der Waals surface area contributed by atoms with E-state index in [0.717, 1.165) is 25.9 Å². The van der Waals surface area contributed by atoms with E-state index in [2.05, 4.69) is 36.0 Å². The van der Waals surface area contributed by atoms with Crippen molar-refractivity contribution < 1.29 is 9.53 Å². The number of rotatable bonds is 4. The van der Waals surface area contributed by atoms with Crippen LogP contribution in [-0.4, -0.2) is 35.6 Å². The molecule has 1 N–H and O–H groups in total. The molecule has 4 nitrogen and oxygen atoms in total. The second-order valence-corrected chi connectivity index (χ2v) is 6.42. The summed E-state index contributed by atoms with van der Waals surface area (Å²) in [6, 6.07) is 2.26. The van der Waals surface area contributed by atoms with Crippen molar-refractivity contribution in [3.8, 4) is 0 Å². The average Bonchev–Trinajstić information content (AvgIpc) is 3.12. The Morgan fingerprint density at radius 2 is 2.40 bits per heavy atom. The first-order chi connectivity index (χ1) is 9.72. The van der Waals surface area contributed by atoms with Gasteiger partial charge in [-0.1, -0.05) is 13.3 Å². The van der Waals surface area contributed by atoms with E-state index >= 15 is 0 Å². The van der Waals surface area contributed by atoms with Crippen LogP contribution in [0.5, 0.6) is 0 Å². The second kappa shape index (κ2) is 5.84. The predicted octanol–water partition coefficient (Wildman–Crippen LogP) is 2.52. The molecule has 0 radical (unpaired) electrons. The maximum Gasteiger partial charge on any atom is 0.241 e. The molecule has 2 fully saturated rings. The lowest BCUT2D eigenvalue weighted by molar-refractivity contribution is -0.133. The molecule has 2 saturated heterocycles. The fourth-order valence-corrected chi connectivity index (χ4v) is 3.95. The fraction of sp³-hybridized carbons (Fsp3) is 0.667. The highest BCUT2D eigenvalue weighted by Gasteiger charge is 2.45. The zero-order chi connectivity index (χ0) is 14.1. The molecule has 1 amide bonds. The van der Waals surface area contributed by atoms with Crippen LogP contribution in [0.1, 0.15) is 44.8 Å². The van der Waals surface area contributed by atoms with E-state index in [1.807, 2.05) is 4.90 Å². The van der Waals surface area contributed by atoms with Crippen molar-refractivity contribution in [3.63, 3.8) is 0 Å². The first-order valence-electron chi connectivity index (χ1n) is 7.44. The third kappa shape index (κ3) is 2.38. The van der Waals surface area contributed by atoms with Crippen molar-refractivity contribution in [1.82, 2.24) is 10.2 Å². The number of hydrogen-bond donors (Lipinski definition) is 1. The zero-order valence-corrected chi connectivity index (χ0v) is 12.9. The molecular formula is C15H22N2O2S.